The first-order chi connectivity index (χ1) is 9.22. The van der Waals surface area contributed by atoms with E-state index in [0.717, 1.165) is 10.6 Å². The predicted molar refractivity (Wildman–Crippen MR) is 70.5 cm³/mol. The normalized spacial score (nSPS) is 10.0. The van der Waals surface area contributed by atoms with Gasteiger partial charge in [0.1, 0.15) is 10.8 Å². The summed E-state index contributed by atoms with van der Waals surface area (Å²) in [5.74, 6) is 0.266. The first-order valence-corrected chi connectivity index (χ1v) is 6.27. The maximum atomic E-state index is 11.4. The maximum Gasteiger partial charge on any atom is 0.358 e. The number of carbonyl (C=O) groups excluding carboxylic acids is 1. The van der Waals surface area contributed by atoms with E-state index in [1.807, 2.05) is 24.3 Å². The van der Waals surface area contributed by atoms with Gasteiger partial charge in [0, 0.05) is 4.90 Å². The van der Waals surface area contributed by atoms with Crippen molar-refractivity contribution < 1.29 is 14.3 Å². The van der Waals surface area contributed by atoms with Crippen molar-refractivity contribution in [3.63, 3.8) is 0 Å². The fourth-order valence-corrected chi connectivity index (χ4v) is 2.21. The molecule has 0 unspecified atom stereocenters. The van der Waals surface area contributed by atoms with E-state index in [1.54, 1.807) is 13.3 Å². The Morgan fingerprint density at radius 2 is 2.11 bits per heavy atom. The predicted octanol–water partition coefficient (Wildman–Crippen LogP) is 2.42. The van der Waals surface area contributed by atoms with Gasteiger partial charge in [-0.3, -0.25) is 4.98 Å². The molecule has 0 radical (unpaired) electrons. The maximum absolute atomic E-state index is 11.4. The summed E-state index contributed by atoms with van der Waals surface area (Å²) in [4.78, 5) is 20.5. The lowest BCUT2D eigenvalue weighted by molar-refractivity contribution is 0.0592. The van der Waals surface area contributed by atoms with Crippen molar-refractivity contribution in [1.29, 1.82) is 0 Å². The standard InChI is InChI=1S/C13H12N2O3S/c1-17-9-4-3-5-10(6-9)19-12-8-14-7-11(15-12)13(16)18-2/h3-8H,1-2H3. The summed E-state index contributed by atoms with van der Waals surface area (Å²) in [6, 6.07) is 7.57. The minimum absolute atomic E-state index is 0.190. The molecule has 0 atom stereocenters. The number of esters is 1. The van der Waals surface area contributed by atoms with Crippen molar-refractivity contribution >= 4 is 17.7 Å². The highest BCUT2D eigenvalue weighted by molar-refractivity contribution is 7.99. The molecule has 19 heavy (non-hydrogen) atoms. The van der Waals surface area contributed by atoms with Gasteiger partial charge in [0.15, 0.2) is 5.69 Å². The summed E-state index contributed by atoms with van der Waals surface area (Å²) < 4.78 is 9.76. The van der Waals surface area contributed by atoms with Gasteiger partial charge in [0.2, 0.25) is 0 Å². The van der Waals surface area contributed by atoms with Crippen LogP contribution in [0.15, 0.2) is 46.6 Å². The molecule has 1 aromatic heterocycles. The zero-order valence-electron chi connectivity index (χ0n) is 10.5. The van der Waals surface area contributed by atoms with Crippen molar-refractivity contribution in [3.8, 4) is 5.75 Å². The molecule has 2 rings (SSSR count). The largest absolute Gasteiger partial charge is 0.497 e. The van der Waals surface area contributed by atoms with Crippen molar-refractivity contribution in [2.24, 2.45) is 0 Å². The van der Waals surface area contributed by atoms with E-state index in [1.165, 1.54) is 25.1 Å². The minimum Gasteiger partial charge on any atom is -0.497 e. The Kier molecular flexibility index (Phi) is 4.35. The van der Waals surface area contributed by atoms with Crippen molar-refractivity contribution in [2.45, 2.75) is 9.92 Å². The van der Waals surface area contributed by atoms with Crippen LogP contribution in [-0.4, -0.2) is 30.2 Å². The van der Waals surface area contributed by atoms with E-state index in [-0.39, 0.29) is 5.69 Å². The lowest BCUT2D eigenvalue weighted by Crippen LogP contribution is -2.05. The Labute approximate surface area is 115 Å². The van der Waals surface area contributed by atoms with Gasteiger partial charge < -0.3 is 9.47 Å². The van der Waals surface area contributed by atoms with Crippen LogP contribution < -0.4 is 4.74 Å². The summed E-state index contributed by atoms with van der Waals surface area (Å²) >= 11 is 1.40. The van der Waals surface area contributed by atoms with Crippen LogP contribution in [0.5, 0.6) is 5.75 Å². The number of carbonyl (C=O) groups is 1. The van der Waals surface area contributed by atoms with E-state index in [2.05, 4.69) is 14.7 Å². The monoisotopic (exact) mass is 276 g/mol. The third-order valence-corrected chi connectivity index (χ3v) is 3.17. The van der Waals surface area contributed by atoms with Crippen LogP contribution in [0.25, 0.3) is 0 Å². The number of hydrogen-bond donors (Lipinski definition) is 0. The number of methoxy groups -OCH3 is 2. The van der Waals surface area contributed by atoms with Crippen LogP contribution in [0.2, 0.25) is 0 Å². The Bertz CT molecular complexity index is 590. The molecule has 0 aliphatic rings. The smallest absolute Gasteiger partial charge is 0.358 e. The van der Waals surface area contributed by atoms with E-state index in [4.69, 9.17) is 4.74 Å². The Balaban J connectivity index is 2.20. The summed E-state index contributed by atoms with van der Waals surface area (Å²) in [6.07, 6.45) is 2.97. The van der Waals surface area contributed by atoms with Gasteiger partial charge in [0.05, 0.1) is 26.6 Å². The molecule has 0 N–H and O–H groups in total. The molecule has 1 heterocycles. The molecular formula is C13H12N2O3S. The molecule has 0 saturated carbocycles. The van der Waals surface area contributed by atoms with Crippen LogP contribution in [0, 0.1) is 0 Å². The Morgan fingerprint density at radius 3 is 2.84 bits per heavy atom. The molecule has 0 fully saturated rings. The van der Waals surface area contributed by atoms with Gasteiger partial charge >= 0.3 is 5.97 Å². The van der Waals surface area contributed by atoms with Crippen LogP contribution in [-0.2, 0) is 4.74 Å². The van der Waals surface area contributed by atoms with E-state index in [0.29, 0.717) is 5.03 Å². The first kappa shape index (κ1) is 13.4. The molecule has 0 aliphatic carbocycles. The molecule has 5 nitrogen and oxygen atoms in total. The molecule has 1 aromatic carbocycles. The van der Waals surface area contributed by atoms with Crippen LogP contribution in [0.4, 0.5) is 0 Å². The van der Waals surface area contributed by atoms with Gasteiger partial charge in [-0.15, -0.1) is 0 Å². The fourth-order valence-electron chi connectivity index (χ4n) is 1.39. The van der Waals surface area contributed by atoms with Crippen molar-refractivity contribution in [3.05, 3.63) is 42.4 Å². The number of benzene rings is 1. The van der Waals surface area contributed by atoms with E-state index in [9.17, 15) is 4.79 Å². The molecule has 2 aromatic rings. The number of rotatable bonds is 4. The third kappa shape index (κ3) is 3.45. The summed E-state index contributed by atoms with van der Waals surface area (Å²) in [7, 11) is 2.92. The fraction of sp³-hybridized carbons (Fsp3) is 0.154. The average molecular weight is 276 g/mol. The van der Waals surface area contributed by atoms with Crippen molar-refractivity contribution in [1.82, 2.24) is 9.97 Å². The van der Waals surface area contributed by atoms with Crippen LogP contribution in [0.3, 0.4) is 0 Å². The number of ether oxygens (including phenoxy) is 2. The topological polar surface area (TPSA) is 61.3 Å². The van der Waals surface area contributed by atoms with Gasteiger partial charge in [-0.1, -0.05) is 17.8 Å². The zero-order chi connectivity index (χ0) is 13.7. The molecule has 0 amide bonds. The first-order valence-electron chi connectivity index (χ1n) is 5.45. The molecule has 0 saturated heterocycles. The highest BCUT2D eigenvalue weighted by Crippen LogP contribution is 2.28. The second kappa shape index (κ2) is 6.19. The summed E-state index contributed by atoms with van der Waals surface area (Å²) in [5, 5.41) is 0.621. The Hall–Kier alpha value is -2.08. The van der Waals surface area contributed by atoms with Gasteiger partial charge in [0.25, 0.3) is 0 Å². The highest BCUT2D eigenvalue weighted by Gasteiger charge is 2.09. The molecule has 0 spiro atoms. The summed E-state index contributed by atoms with van der Waals surface area (Å²) in [6.45, 7) is 0. The van der Waals surface area contributed by atoms with Gasteiger partial charge in [-0.25, -0.2) is 9.78 Å². The number of hydrogen-bond acceptors (Lipinski definition) is 6. The SMILES string of the molecule is COC(=O)c1cncc(Sc2cccc(OC)c2)n1. The Morgan fingerprint density at radius 1 is 1.26 bits per heavy atom. The molecule has 0 aliphatic heterocycles. The van der Waals surface area contributed by atoms with Crippen molar-refractivity contribution in [2.75, 3.05) is 14.2 Å². The number of nitrogens with zero attached hydrogens (tertiary/aromatic N) is 2. The van der Waals surface area contributed by atoms with Crippen LogP contribution in [0.1, 0.15) is 10.5 Å². The third-order valence-electron chi connectivity index (χ3n) is 2.27. The van der Waals surface area contributed by atoms with Crippen LogP contribution >= 0.6 is 11.8 Å². The second-order valence-electron chi connectivity index (χ2n) is 3.52. The minimum atomic E-state index is -0.499. The highest BCUT2D eigenvalue weighted by atomic mass is 32.2. The average Bonchev–Trinajstić information content (AvgIpc) is 2.47. The number of aromatic nitrogens is 2. The quantitative estimate of drug-likeness (QED) is 0.799. The van der Waals surface area contributed by atoms with Gasteiger partial charge in [-0.2, -0.15) is 0 Å². The van der Waals surface area contributed by atoms with E-state index >= 15 is 0 Å². The lowest BCUT2D eigenvalue weighted by Gasteiger charge is -2.04. The summed E-state index contributed by atoms with van der Waals surface area (Å²) in [5.41, 5.74) is 0.190. The molecule has 6 heteroatoms. The van der Waals surface area contributed by atoms with Gasteiger partial charge in [-0.05, 0) is 18.2 Å². The second-order valence-corrected chi connectivity index (χ2v) is 4.61. The zero-order valence-corrected chi connectivity index (χ0v) is 11.3. The molecular weight excluding hydrogens is 264 g/mol. The van der Waals surface area contributed by atoms with E-state index < -0.39 is 5.97 Å². The molecule has 98 valence electrons. The molecule has 0 bridgehead atoms. The lowest BCUT2D eigenvalue weighted by atomic mass is 10.3.